The third-order valence-corrected chi connectivity index (χ3v) is 4.12. The molecule has 21 heavy (non-hydrogen) atoms. The summed E-state index contributed by atoms with van der Waals surface area (Å²) in [4.78, 5) is 17.1. The summed E-state index contributed by atoms with van der Waals surface area (Å²) < 4.78 is 5.75. The van der Waals surface area contributed by atoms with E-state index >= 15 is 0 Å². The smallest absolute Gasteiger partial charge is 0.211 e. The highest BCUT2D eigenvalue weighted by Gasteiger charge is 2.33. The number of Topliss-reactive ketones (excluding diaryl/α,β-unsaturated/α-hetero) is 1. The molecule has 0 heterocycles. The first-order chi connectivity index (χ1) is 9.81. The zero-order valence-corrected chi connectivity index (χ0v) is 15.1. The van der Waals surface area contributed by atoms with Crippen molar-refractivity contribution in [2.75, 3.05) is 13.0 Å². The number of nitrogens with zero attached hydrogens (tertiary/aromatic N) is 1. The number of halogens is 2. The average Bonchev–Trinajstić information content (AvgIpc) is 2.41. The van der Waals surface area contributed by atoms with Gasteiger partial charge in [0.15, 0.2) is 5.78 Å². The summed E-state index contributed by atoms with van der Waals surface area (Å²) >= 11 is 9.06. The molecule has 0 N–H and O–H groups in total. The monoisotopic (exact) mass is 377 g/mol. The van der Waals surface area contributed by atoms with Crippen molar-refractivity contribution >= 4 is 39.0 Å². The van der Waals surface area contributed by atoms with E-state index in [1.54, 1.807) is 6.08 Å². The molecule has 0 aromatic heterocycles. The van der Waals surface area contributed by atoms with Crippen molar-refractivity contribution in [2.24, 2.45) is 10.6 Å². The minimum absolute atomic E-state index is 0.0202. The molecule has 1 atom stereocenters. The van der Waals surface area contributed by atoms with Gasteiger partial charge in [-0.2, -0.15) is 0 Å². The third kappa shape index (κ3) is 5.15. The van der Waals surface area contributed by atoms with Gasteiger partial charge in [-0.05, 0) is 47.0 Å². The molecule has 1 aliphatic rings. The lowest BCUT2D eigenvalue weighted by Crippen LogP contribution is -2.33. The normalized spacial score (nSPS) is 18.9. The van der Waals surface area contributed by atoms with Crippen LogP contribution in [0.4, 0.5) is 0 Å². The van der Waals surface area contributed by atoms with E-state index in [0.29, 0.717) is 24.5 Å². The van der Waals surface area contributed by atoms with Crippen molar-refractivity contribution in [3.63, 3.8) is 0 Å². The molecular weight excluding hydrogens is 358 g/mol. The summed E-state index contributed by atoms with van der Waals surface area (Å²) in [5, 5.41) is 3.20. The minimum Gasteiger partial charge on any atom is -0.471 e. The van der Waals surface area contributed by atoms with E-state index in [4.69, 9.17) is 21.2 Å². The molecule has 1 unspecified atom stereocenters. The van der Waals surface area contributed by atoms with E-state index in [1.165, 1.54) is 7.11 Å². The molecule has 0 aliphatic heterocycles. The van der Waals surface area contributed by atoms with Crippen LogP contribution in [0.5, 0.6) is 0 Å². The van der Waals surface area contributed by atoms with Gasteiger partial charge >= 0.3 is 0 Å². The molecule has 0 amide bonds. The van der Waals surface area contributed by atoms with Crippen LogP contribution in [0.1, 0.15) is 33.6 Å². The Kier molecular flexibility index (Phi) is 6.94. The number of rotatable bonds is 7. The van der Waals surface area contributed by atoms with Gasteiger partial charge in [-0.15, -0.1) is 11.6 Å². The van der Waals surface area contributed by atoms with Crippen molar-refractivity contribution in [1.29, 1.82) is 0 Å². The summed E-state index contributed by atoms with van der Waals surface area (Å²) in [6.07, 6.45) is 4.86. The minimum atomic E-state index is -0.689. The third-order valence-electron chi connectivity index (χ3n) is 3.33. The van der Waals surface area contributed by atoms with Crippen molar-refractivity contribution in [3.05, 3.63) is 23.5 Å². The topological polar surface area (TPSA) is 47.9 Å². The molecule has 6 heteroatoms. The van der Waals surface area contributed by atoms with Gasteiger partial charge in [0.25, 0.3) is 0 Å². The maximum absolute atomic E-state index is 12.4. The summed E-state index contributed by atoms with van der Waals surface area (Å²) in [5.41, 5.74) is 1.30. The highest BCUT2D eigenvalue weighted by atomic mass is 79.9. The summed E-state index contributed by atoms with van der Waals surface area (Å²) in [6.45, 7) is 5.69. The molecule has 0 aromatic carbocycles. The number of alkyl halides is 2. The molecule has 0 fully saturated rings. The first kappa shape index (κ1) is 18.2. The van der Waals surface area contributed by atoms with E-state index in [1.807, 2.05) is 26.8 Å². The molecule has 0 spiro atoms. The van der Waals surface area contributed by atoms with Crippen molar-refractivity contribution in [2.45, 2.75) is 38.6 Å². The van der Waals surface area contributed by atoms with Crippen LogP contribution in [-0.2, 0) is 14.4 Å². The molecule has 1 aliphatic carbocycles. The second-order valence-corrected chi connectivity index (χ2v) is 6.75. The van der Waals surface area contributed by atoms with Gasteiger partial charge < -0.3 is 9.57 Å². The lowest BCUT2D eigenvalue weighted by molar-refractivity contribution is -0.132. The number of hydrogen-bond donors (Lipinski definition) is 0. The molecule has 118 valence electrons. The van der Waals surface area contributed by atoms with E-state index in [-0.39, 0.29) is 5.78 Å². The molecule has 0 saturated carbocycles. The molecule has 0 aromatic rings. The van der Waals surface area contributed by atoms with Gasteiger partial charge in [-0.1, -0.05) is 19.0 Å². The molecule has 0 saturated heterocycles. The summed E-state index contributed by atoms with van der Waals surface area (Å²) in [7, 11) is 1.51. The Morgan fingerprint density at radius 1 is 1.52 bits per heavy atom. The van der Waals surface area contributed by atoms with Crippen LogP contribution in [0.15, 0.2) is 28.6 Å². The Hall–Kier alpha value is -0.810. The molecule has 1 rings (SSSR count). The van der Waals surface area contributed by atoms with Crippen LogP contribution in [-0.4, -0.2) is 29.5 Å². The van der Waals surface area contributed by atoms with E-state index in [0.717, 1.165) is 11.3 Å². The molecule has 4 nitrogen and oxygen atoms in total. The lowest BCUT2D eigenvalue weighted by Gasteiger charge is -2.26. The van der Waals surface area contributed by atoms with Crippen LogP contribution < -0.4 is 0 Å². The van der Waals surface area contributed by atoms with Crippen molar-refractivity contribution < 1.29 is 14.4 Å². The number of hydrogen-bond acceptors (Lipinski definition) is 4. The lowest BCUT2D eigenvalue weighted by atomic mass is 9.85. The molecule has 0 bridgehead atoms. The van der Waals surface area contributed by atoms with Gasteiger partial charge in [0.1, 0.15) is 12.9 Å². The Bertz CT molecular complexity index is 483. The fraction of sp³-hybridized carbons (Fsp3) is 0.600. The fourth-order valence-corrected chi connectivity index (χ4v) is 3.18. The Balaban J connectivity index is 2.74. The van der Waals surface area contributed by atoms with E-state index < -0.39 is 10.4 Å². The zero-order valence-electron chi connectivity index (χ0n) is 12.8. The summed E-state index contributed by atoms with van der Waals surface area (Å²) in [5.74, 6) is 1.10. The van der Waals surface area contributed by atoms with E-state index in [2.05, 4.69) is 21.1 Å². The van der Waals surface area contributed by atoms with Crippen LogP contribution in [0.25, 0.3) is 0 Å². The van der Waals surface area contributed by atoms with Crippen LogP contribution in [0, 0.1) is 5.41 Å². The maximum Gasteiger partial charge on any atom is 0.211 e. The maximum atomic E-state index is 12.4. The van der Waals surface area contributed by atoms with Crippen LogP contribution in [0.2, 0.25) is 0 Å². The Morgan fingerprint density at radius 3 is 2.71 bits per heavy atom. The van der Waals surface area contributed by atoms with Crippen molar-refractivity contribution in [3.8, 4) is 0 Å². The van der Waals surface area contributed by atoms with Gasteiger partial charge in [-0.25, -0.2) is 0 Å². The average molecular weight is 379 g/mol. The Labute approximate surface area is 139 Å². The first-order valence-electron chi connectivity index (χ1n) is 6.70. The second-order valence-electron chi connectivity index (χ2n) is 5.54. The van der Waals surface area contributed by atoms with Crippen LogP contribution in [0.3, 0.4) is 0 Å². The standard InChI is InChI=1S/C15H21BrClNO3/c1-10-9-11(18-20-4)5-6-12(10)21-14(16)13(19)15(2,3)7-8-17/h5-6,14H,7-9H2,1-4H3. The quantitative estimate of drug-likeness (QED) is 0.493. The number of ketones is 1. The predicted octanol–water partition coefficient (Wildman–Crippen LogP) is 4.18. The SMILES string of the molecule is CON=C1C=CC(OC(Br)C(=O)C(C)(C)CCCl)=C(C)C1. The summed E-state index contributed by atoms with van der Waals surface area (Å²) in [6, 6.07) is 0. The van der Waals surface area contributed by atoms with Gasteiger partial charge in [0, 0.05) is 17.7 Å². The highest BCUT2D eigenvalue weighted by Crippen LogP contribution is 2.29. The molecule has 0 radical (unpaired) electrons. The first-order valence-corrected chi connectivity index (χ1v) is 8.15. The van der Waals surface area contributed by atoms with E-state index in [9.17, 15) is 4.79 Å². The number of carbonyl (C=O) groups excluding carboxylic acids is 1. The second kappa shape index (κ2) is 7.99. The van der Waals surface area contributed by atoms with Crippen molar-refractivity contribution in [1.82, 2.24) is 0 Å². The Morgan fingerprint density at radius 2 is 2.19 bits per heavy atom. The zero-order chi connectivity index (χ0) is 16.0. The number of carbonyl (C=O) groups is 1. The number of oxime groups is 1. The predicted molar refractivity (Wildman–Crippen MR) is 88.8 cm³/mol. The number of allylic oxidation sites excluding steroid dienone is 3. The largest absolute Gasteiger partial charge is 0.471 e. The van der Waals surface area contributed by atoms with Gasteiger partial charge in [0.05, 0.1) is 5.71 Å². The fourth-order valence-electron chi connectivity index (χ4n) is 1.88. The van der Waals surface area contributed by atoms with Gasteiger partial charge in [-0.3, -0.25) is 4.79 Å². The number of ether oxygens (including phenoxy) is 1. The molecular formula is C15H21BrClNO3. The van der Waals surface area contributed by atoms with Gasteiger partial charge in [0.2, 0.25) is 5.01 Å². The van der Waals surface area contributed by atoms with Crippen LogP contribution >= 0.6 is 27.5 Å². The highest BCUT2D eigenvalue weighted by molar-refractivity contribution is 9.09.